The molecule has 0 aliphatic carbocycles. The van der Waals surface area contributed by atoms with E-state index in [9.17, 15) is 8.42 Å². The summed E-state index contributed by atoms with van der Waals surface area (Å²) >= 11 is 0. The first-order chi connectivity index (χ1) is 7.51. The maximum Gasteiger partial charge on any atom is 0.297 e. The Morgan fingerprint density at radius 1 is 1.44 bits per heavy atom. The lowest BCUT2D eigenvalue weighted by Crippen LogP contribution is -2.15. The van der Waals surface area contributed by atoms with E-state index in [1.807, 2.05) is 6.92 Å². The molecule has 4 heteroatoms. The highest BCUT2D eigenvalue weighted by Gasteiger charge is 2.20. The maximum atomic E-state index is 11.9. The van der Waals surface area contributed by atoms with Gasteiger partial charge in [-0.25, -0.2) is 0 Å². The van der Waals surface area contributed by atoms with Gasteiger partial charge in [0.15, 0.2) is 0 Å². The monoisotopic (exact) mass is 240 g/mol. The van der Waals surface area contributed by atoms with Crippen LogP contribution in [0.3, 0.4) is 0 Å². The number of hydrogen-bond acceptors (Lipinski definition) is 3. The molecule has 1 aromatic carbocycles. The first-order valence-corrected chi connectivity index (χ1v) is 6.57. The Morgan fingerprint density at radius 3 is 2.62 bits per heavy atom. The van der Waals surface area contributed by atoms with Gasteiger partial charge in [-0.15, -0.1) is 0 Å². The molecular weight excluding hydrogens is 224 g/mol. The summed E-state index contributed by atoms with van der Waals surface area (Å²) in [5, 5.41) is 0. The number of hydrogen-bond donors (Lipinski definition) is 0. The van der Waals surface area contributed by atoms with Crippen molar-refractivity contribution < 1.29 is 12.6 Å². The summed E-state index contributed by atoms with van der Waals surface area (Å²) in [4.78, 5) is 0.172. The van der Waals surface area contributed by atoms with E-state index >= 15 is 0 Å². The minimum absolute atomic E-state index is 0.172. The predicted octanol–water partition coefficient (Wildman–Crippen LogP) is 2.83. The lowest BCUT2D eigenvalue weighted by atomic mass is 10.2. The van der Waals surface area contributed by atoms with Crippen LogP contribution in [0, 0.1) is 0 Å². The molecule has 16 heavy (non-hydrogen) atoms. The Kier molecular flexibility index (Phi) is 4.26. The highest BCUT2D eigenvalue weighted by atomic mass is 32.2. The lowest BCUT2D eigenvalue weighted by molar-refractivity contribution is 0.224. The van der Waals surface area contributed by atoms with Crippen LogP contribution < -0.4 is 0 Å². The summed E-state index contributed by atoms with van der Waals surface area (Å²) in [7, 11) is -3.69. The Bertz CT molecular complexity index is 463. The van der Waals surface area contributed by atoms with Gasteiger partial charge >= 0.3 is 0 Å². The number of benzene rings is 1. The second kappa shape index (κ2) is 5.27. The fourth-order valence-electron chi connectivity index (χ4n) is 1.21. The SMILES string of the molecule is C=Cc1ccccc1S(=O)(=O)OC(C)CC. The Hall–Kier alpha value is -1.13. The van der Waals surface area contributed by atoms with Gasteiger partial charge in [-0.2, -0.15) is 8.42 Å². The van der Waals surface area contributed by atoms with Gasteiger partial charge in [-0.05, 0) is 25.0 Å². The van der Waals surface area contributed by atoms with Gasteiger partial charge in [0.05, 0.1) is 6.10 Å². The molecule has 0 saturated carbocycles. The smallest absolute Gasteiger partial charge is 0.263 e. The van der Waals surface area contributed by atoms with Crippen LogP contribution in [0.5, 0.6) is 0 Å². The highest BCUT2D eigenvalue weighted by Crippen LogP contribution is 2.20. The molecule has 1 atom stereocenters. The summed E-state index contributed by atoms with van der Waals surface area (Å²) in [5.74, 6) is 0. The van der Waals surface area contributed by atoms with Gasteiger partial charge in [0.2, 0.25) is 0 Å². The van der Waals surface area contributed by atoms with E-state index in [1.54, 1.807) is 25.1 Å². The van der Waals surface area contributed by atoms with Crippen LogP contribution in [0.2, 0.25) is 0 Å². The molecule has 0 heterocycles. The third kappa shape index (κ3) is 2.93. The molecule has 1 unspecified atom stereocenters. The summed E-state index contributed by atoms with van der Waals surface area (Å²) in [6, 6.07) is 6.65. The number of rotatable bonds is 5. The Balaban J connectivity index is 3.12. The average Bonchev–Trinajstić information content (AvgIpc) is 2.28. The third-order valence-corrected chi connectivity index (χ3v) is 3.77. The van der Waals surface area contributed by atoms with Crippen molar-refractivity contribution in [1.29, 1.82) is 0 Å². The second-order valence-electron chi connectivity index (χ2n) is 3.51. The standard InChI is InChI=1S/C12H16O3S/c1-4-10(3)15-16(13,14)12-9-7-6-8-11(12)5-2/h5-10H,2,4H2,1,3H3. The van der Waals surface area contributed by atoms with Crippen molar-refractivity contribution in [1.82, 2.24) is 0 Å². The molecule has 0 amide bonds. The summed E-state index contributed by atoms with van der Waals surface area (Å²) < 4.78 is 28.9. The van der Waals surface area contributed by atoms with Gasteiger partial charge in [0, 0.05) is 0 Å². The van der Waals surface area contributed by atoms with Crippen molar-refractivity contribution in [2.24, 2.45) is 0 Å². The summed E-state index contributed by atoms with van der Waals surface area (Å²) in [6.45, 7) is 7.19. The topological polar surface area (TPSA) is 43.4 Å². The zero-order valence-electron chi connectivity index (χ0n) is 9.51. The minimum atomic E-state index is -3.69. The van der Waals surface area contributed by atoms with Gasteiger partial charge in [0.25, 0.3) is 10.1 Å². The van der Waals surface area contributed by atoms with E-state index in [2.05, 4.69) is 6.58 Å². The van der Waals surface area contributed by atoms with E-state index in [0.29, 0.717) is 12.0 Å². The Labute approximate surface area is 96.9 Å². The van der Waals surface area contributed by atoms with E-state index in [-0.39, 0.29) is 11.0 Å². The molecule has 0 saturated heterocycles. The highest BCUT2D eigenvalue weighted by molar-refractivity contribution is 7.86. The molecule has 0 spiro atoms. The maximum absolute atomic E-state index is 11.9. The molecular formula is C12H16O3S. The largest absolute Gasteiger partial charge is 0.297 e. The predicted molar refractivity (Wildman–Crippen MR) is 64.6 cm³/mol. The van der Waals surface area contributed by atoms with E-state index in [1.165, 1.54) is 12.1 Å². The third-order valence-electron chi connectivity index (χ3n) is 2.27. The molecule has 0 aliphatic rings. The van der Waals surface area contributed by atoms with Crippen molar-refractivity contribution in [3.63, 3.8) is 0 Å². The van der Waals surface area contributed by atoms with Crippen LogP contribution in [-0.4, -0.2) is 14.5 Å². The Morgan fingerprint density at radius 2 is 2.06 bits per heavy atom. The van der Waals surface area contributed by atoms with Crippen molar-refractivity contribution in [3.05, 3.63) is 36.4 Å². The molecule has 0 N–H and O–H groups in total. The average molecular weight is 240 g/mol. The molecule has 0 bridgehead atoms. The van der Waals surface area contributed by atoms with Crippen LogP contribution in [0.1, 0.15) is 25.8 Å². The van der Waals surface area contributed by atoms with E-state index in [0.717, 1.165) is 0 Å². The van der Waals surface area contributed by atoms with E-state index in [4.69, 9.17) is 4.18 Å². The van der Waals surface area contributed by atoms with Gasteiger partial charge in [-0.3, -0.25) is 4.18 Å². The molecule has 0 aromatic heterocycles. The first kappa shape index (κ1) is 12.9. The van der Waals surface area contributed by atoms with E-state index < -0.39 is 10.1 Å². The molecule has 88 valence electrons. The molecule has 1 aromatic rings. The van der Waals surface area contributed by atoms with Gasteiger partial charge in [-0.1, -0.05) is 37.8 Å². The van der Waals surface area contributed by atoms with Gasteiger partial charge < -0.3 is 0 Å². The molecule has 0 fully saturated rings. The summed E-state index contributed by atoms with van der Waals surface area (Å²) in [6.07, 6.45) is 1.84. The second-order valence-corrected chi connectivity index (χ2v) is 5.05. The van der Waals surface area contributed by atoms with Crippen molar-refractivity contribution in [2.45, 2.75) is 31.3 Å². The van der Waals surface area contributed by atoms with Crippen LogP contribution >= 0.6 is 0 Å². The lowest BCUT2D eigenvalue weighted by Gasteiger charge is -2.12. The van der Waals surface area contributed by atoms with Crippen LogP contribution in [0.15, 0.2) is 35.7 Å². The van der Waals surface area contributed by atoms with Gasteiger partial charge in [0.1, 0.15) is 4.90 Å². The minimum Gasteiger partial charge on any atom is -0.263 e. The quantitative estimate of drug-likeness (QED) is 0.743. The first-order valence-electron chi connectivity index (χ1n) is 5.16. The van der Waals surface area contributed by atoms with Crippen LogP contribution in [0.4, 0.5) is 0 Å². The normalized spacial score (nSPS) is 13.4. The zero-order valence-corrected chi connectivity index (χ0v) is 10.3. The van der Waals surface area contributed by atoms with Crippen molar-refractivity contribution in [2.75, 3.05) is 0 Å². The molecule has 3 nitrogen and oxygen atoms in total. The molecule has 0 radical (unpaired) electrons. The van der Waals surface area contributed by atoms with Crippen LogP contribution in [-0.2, 0) is 14.3 Å². The van der Waals surface area contributed by atoms with Crippen molar-refractivity contribution in [3.8, 4) is 0 Å². The fourth-order valence-corrected chi connectivity index (χ4v) is 2.57. The zero-order chi connectivity index (χ0) is 12.2. The van der Waals surface area contributed by atoms with Crippen LogP contribution in [0.25, 0.3) is 6.08 Å². The van der Waals surface area contributed by atoms with Crippen molar-refractivity contribution >= 4 is 16.2 Å². The summed E-state index contributed by atoms with van der Waals surface area (Å²) in [5.41, 5.74) is 0.561. The fraction of sp³-hybridized carbons (Fsp3) is 0.333. The molecule has 0 aliphatic heterocycles. The molecule has 1 rings (SSSR count).